The van der Waals surface area contributed by atoms with E-state index in [1.807, 2.05) is 0 Å². The largest absolute Gasteiger partial charge is 0.354 e. The molecule has 2 heterocycles. The lowest BCUT2D eigenvalue weighted by Crippen LogP contribution is -2.49. The van der Waals surface area contributed by atoms with E-state index in [0.717, 1.165) is 25.7 Å². The Morgan fingerprint density at radius 1 is 1.39 bits per heavy atom. The van der Waals surface area contributed by atoms with Crippen molar-refractivity contribution < 1.29 is 14.1 Å². The van der Waals surface area contributed by atoms with E-state index in [1.165, 1.54) is 0 Å². The molecular weight excluding hydrogens is 316 g/mol. The minimum absolute atomic E-state index is 0.0856. The molecule has 0 spiro atoms. The maximum Gasteiger partial charge on any atom is 0.243 e. The summed E-state index contributed by atoms with van der Waals surface area (Å²) in [6, 6.07) is -0.350. The van der Waals surface area contributed by atoms with Crippen molar-refractivity contribution in [1.29, 1.82) is 0 Å². The zero-order chi connectivity index (χ0) is 16.2. The SMILES string of the molecule is Cc1noc(CCNC(=O)[C@H]2CSCN2C(=O)C2CCCC2)n1. The second-order valence-electron chi connectivity index (χ2n) is 6.08. The predicted octanol–water partition coefficient (Wildman–Crippen LogP) is 1.13. The van der Waals surface area contributed by atoms with Gasteiger partial charge in [-0.2, -0.15) is 4.98 Å². The first kappa shape index (κ1) is 16.3. The van der Waals surface area contributed by atoms with E-state index < -0.39 is 0 Å². The molecule has 126 valence electrons. The summed E-state index contributed by atoms with van der Waals surface area (Å²) in [7, 11) is 0. The van der Waals surface area contributed by atoms with Gasteiger partial charge in [0.2, 0.25) is 17.7 Å². The van der Waals surface area contributed by atoms with Crippen LogP contribution in [0.15, 0.2) is 4.52 Å². The summed E-state index contributed by atoms with van der Waals surface area (Å²) in [6.07, 6.45) is 4.68. The van der Waals surface area contributed by atoms with Crippen LogP contribution in [0.1, 0.15) is 37.4 Å². The number of nitrogens with zero attached hydrogens (tertiary/aromatic N) is 3. The van der Waals surface area contributed by atoms with Crippen LogP contribution >= 0.6 is 11.8 Å². The minimum atomic E-state index is -0.350. The van der Waals surface area contributed by atoms with Crippen molar-refractivity contribution in [2.24, 2.45) is 5.92 Å². The second kappa shape index (κ2) is 7.33. The van der Waals surface area contributed by atoms with Crippen LogP contribution in [0.25, 0.3) is 0 Å². The van der Waals surface area contributed by atoms with Crippen molar-refractivity contribution in [3.05, 3.63) is 11.7 Å². The van der Waals surface area contributed by atoms with Crippen molar-refractivity contribution in [2.75, 3.05) is 18.2 Å². The molecule has 2 aliphatic rings. The van der Waals surface area contributed by atoms with E-state index in [2.05, 4.69) is 15.5 Å². The highest BCUT2D eigenvalue weighted by Crippen LogP contribution is 2.30. The fourth-order valence-corrected chi connectivity index (χ4v) is 4.30. The number of rotatable bonds is 5. The molecule has 0 unspecified atom stereocenters. The molecule has 2 amide bonds. The number of aryl methyl sites for hydroxylation is 1. The Morgan fingerprint density at radius 3 is 2.87 bits per heavy atom. The van der Waals surface area contributed by atoms with E-state index >= 15 is 0 Å². The second-order valence-corrected chi connectivity index (χ2v) is 7.08. The van der Waals surface area contributed by atoms with Crippen LogP contribution in [0.4, 0.5) is 0 Å². The molecule has 0 aromatic carbocycles. The molecule has 1 aromatic heterocycles. The van der Waals surface area contributed by atoms with Crippen LogP contribution in [-0.2, 0) is 16.0 Å². The number of nitrogens with one attached hydrogen (secondary N) is 1. The molecule has 1 saturated carbocycles. The third-order valence-electron chi connectivity index (χ3n) is 4.38. The van der Waals surface area contributed by atoms with E-state index in [9.17, 15) is 9.59 Å². The Labute approximate surface area is 139 Å². The average Bonchev–Trinajstić information content (AvgIpc) is 3.28. The zero-order valence-electron chi connectivity index (χ0n) is 13.3. The molecule has 3 rings (SSSR count). The van der Waals surface area contributed by atoms with Gasteiger partial charge in [-0.1, -0.05) is 18.0 Å². The van der Waals surface area contributed by atoms with Crippen LogP contribution in [0.3, 0.4) is 0 Å². The number of carbonyl (C=O) groups excluding carboxylic acids is 2. The smallest absolute Gasteiger partial charge is 0.243 e. The molecule has 1 saturated heterocycles. The summed E-state index contributed by atoms with van der Waals surface area (Å²) in [5.74, 6) is 2.58. The molecule has 1 aliphatic heterocycles. The van der Waals surface area contributed by atoms with Crippen LogP contribution < -0.4 is 5.32 Å². The molecule has 8 heteroatoms. The minimum Gasteiger partial charge on any atom is -0.354 e. The number of aromatic nitrogens is 2. The first-order chi connectivity index (χ1) is 11.1. The van der Waals surface area contributed by atoms with Gasteiger partial charge in [0.15, 0.2) is 5.82 Å². The fourth-order valence-electron chi connectivity index (χ4n) is 3.14. The molecule has 0 radical (unpaired) electrons. The highest BCUT2D eigenvalue weighted by atomic mass is 32.2. The van der Waals surface area contributed by atoms with Crippen molar-refractivity contribution in [2.45, 2.75) is 45.1 Å². The van der Waals surface area contributed by atoms with Crippen molar-refractivity contribution >= 4 is 23.6 Å². The van der Waals surface area contributed by atoms with Crippen LogP contribution in [0.5, 0.6) is 0 Å². The third-order valence-corrected chi connectivity index (χ3v) is 5.39. The number of thioether (sulfide) groups is 1. The summed E-state index contributed by atoms with van der Waals surface area (Å²) in [6.45, 7) is 2.20. The van der Waals surface area contributed by atoms with Crippen molar-refractivity contribution in [3.63, 3.8) is 0 Å². The van der Waals surface area contributed by atoms with Gasteiger partial charge in [-0.05, 0) is 19.8 Å². The topological polar surface area (TPSA) is 88.3 Å². The number of carbonyl (C=O) groups is 2. The normalized spacial score (nSPS) is 21.8. The molecule has 0 bridgehead atoms. The predicted molar refractivity (Wildman–Crippen MR) is 85.7 cm³/mol. The van der Waals surface area contributed by atoms with Crippen LogP contribution in [0, 0.1) is 12.8 Å². The standard InChI is InChI=1S/C15H22N4O3S/c1-10-17-13(22-18-10)6-7-16-14(20)12-8-23-9-19(12)15(21)11-4-2-3-5-11/h11-12H,2-9H2,1H3,(H,16,20)/t12-/m1/s1. The van der Waals surface area contributed by atoms with E-state index in [-0.39, 0.29) is 23.8 Å². The third kappa shape index (κ3) is 3.85. The number of amides is 2. The summed E-state index contributed by atoms with van der Waals surface area (Å²) in [5, 5.41) is 6.60. The van der Waals surface area contributed by atoms with Gasteiger partial charge in [0.05, 0.1) is 5.88 Å². The van der Waals surface area contributed by atoms with Crippen LogP contribution in [-0.4, -0.2) is 51.1 Å². The molecule has 1 aromatic rings. The highest BCUT2D eigenvalue weighted by Gasteiger charge is 2.38. The Hall–Kier alpha value is -1.57. The van der Waals surface area contributed by atoms with E-state index in [0.29, 0.717) is 36.3 Å². The highest BCUT2D eigenvalue weighted by molar-refractivity contribution is 7.99. The zero-order valence-corrected chi connectivity index (χ0v) is 14.1. The molecule has 1 aliphatic carbocycles. The summed E-state index contributed by atoms with van der Waals surface area (Å²) in [4.78, 5) is 30.8. The van der Waals surface area contributed by atoms with Gasteiger partial charge < -0.3 is 14.7 Å². The van der Waals surface area contributed by atoms with Gasteiger partial charge in [-0.15, -0.1) is 11.8 Å². The van der Waals surface area contributed by atoms with Gasteiger partial charge in [0.25, 0.3) is 0 Å². The maximum absolute atomic E-state index is 12.6. The number of hydrogen-bond acceptors (Lipinski definition) is 6. The lowest BCUT2D eigenvalue weighted by Gasteiger charge is -2.25. The monoisotopic (exact) mass is 338 g/mol. The van der Waals surface area contributed by atoms with Gasteiger partial charge in [-0.3, -0.25) is 9.59 Å². The summed E-state index contributed by atoms with van der Waals surface area (Å²) < 4.78 is 5.02. The number of hydrogen-bond donors (Lipinski definition) is 1. The Morgan fingerprint density at radius 2 is 2.17 bits per heavy atom. The van der Waals surface area contributed by atoms with Crippen LogP contribution in [0.2, 0.25) is 0 Å². The summed E-state index contributed by atoms with van der Waals surface area (Å²) >= 11 is 1.64. The lowest BCUT2D eigenvalue weighted by molar-refractivity contribution is -0.141. The average molecular weight is 338 g/mol. The van der Waals surface area contributed by atoms with Crippen molar-refractivity contribution in [3.8, 4) is 0 Å². The fraction of sp³-hybridized carbons (Fsp3) is 0.733. The van der Waals surface area contributed by atoms with E-state index in [1.54, 1.807) is 23.6 Å². The molecule has 1 atom stereocenters. The molecule has 1 N–H and O–H groups in total. The van der Waals surface area contributed by atoms with Gasteiger partial charge in [0.1, 0.15) is 6.04 Å². The first-order valence-electron chi connectivity index (χ1n) is 8.10. The van der Waals surface area contributed by atoms with Gasteiger partial charge >= 0.3 is 0 Å². The van der Waals surface area contributed by atoms with E-state index in [4.69, 9.17) is 4.52 Å². The Balaban J connectivity index is 1.50. The quantitative estimate of drug-likeness (QED) is 0.866. The Bertz CT molecular complexity index is 571. The first-order valence-corrected chi connectivity index (χ1v) is 9.26. The van der Waals surface area contributed by atoms with Crippen molar-refractivity contribution in [1.82, 2.24) is 20.4 Å². The summed E-state index contributed by atoms with van der Waals surface area (Å²) in [5.41, 5.74) is 0. The maximum atomic E-state index is 12.6. The molecular formula is C15H22N4O3S. The lowest BCUT2D eigenvalue weighted by atomic mass is 10.1. The molecule has 7 nitrogen and oxygen atoms in total. The van der Waals surface area contributed by atoms with Gasteiger partial charge in [-0.25, -0.2) is 0 Å². The molecule has 2 fully saturated rings. The Kier molecular flexibility index (Phi) is 5.20. The van der Waals surface area contributed by atoms with Gasteiger partial charge in [0, 0.05) is 24.6 Å². The molecule has 23 heavy (non-hydrogen) atoms.